The van der Waals surface area contributed by atoms with Crippen LogP contribution < -0.4 is 10.1 Å². The van der Waals surface area contributed by atoms with Gasteiger partial charge >= 0.3 is 0 Å². The molecule has 0 unspecified atom stereocenters. The smallest absolute Gasteiger partial charge is 0.251 e. The Morgan fingerprint density at radius 1 is 1.28 bits per heavy atom. The summed E-state index contributed by atoms with van der Waals surface area (Å²) in [6, 6.07) is 11.6. The third kappa shape index (κ3) is 4.16. The van der Waals surface area contributed by atoms with Crippen LogP contribution in [0.4, 0.5) is 0 Å². The van der Waals surface area contributed by atoms with E-state index in [-0.39, 0.29) is 5.91 Å². The normalized spacial score (nSPS) is 20.1. The molecule has 2 aliphatic rings. The van der Waals surface area contributed by atoms with Crippen molar-refractivity contribution in [3.8, 4) is 5.75 Å². The number of nitrogens with zero attached hydrogens (tertiary/aromatic N) is 3. The van der Waals surface area contributed by atoms with Gasteiger partial charge in [0.25, 0.3) is 5.91 Å². The van der Waals surface area contributed by atoms with Gasteiger partial charge in [0.15, 0.2) is 6.10 Å². The molecule has 2 aromatic heterocycles. The number of hydrogen-bond acceptors (Lipinski definition) is 6. The first-order chi connectivity index (χ1) is 15.6. The molecule has 8 heteroatoms. The molecule has 2 aliphatic heterocycles. The lowest BCUT2D eigenvalue weighted by Crippen LogP contribution is -2.53. The van der Waals surface area contributed by atoms with E-state index in [1.807, 2.05) is 42.6 Å². The van der Waals surface area contributed by atoms with Gasteiger partial charge in [-0.3, -0.25) is 9.69 Å². The molecule has 8 nitrogen and oxygen atoms in total. The molecule has 1 atom stereocenters. The van der Waals surface area contributed by atoms with Crippen LogP contribution in [0.1, 0.15) is 30.0 Å². The second-order valence-electron chi connectivity index (χ2n) is 8.43. The largest absolute Gasteiger partial charge is 0.497 e. The predicted octanol–water partition coefficient (Wildman–Crippen LogP) is 2.69. The first-order valence-corrected chi connectivity index (χ1v) is 11.0. The van der Waals surface area contributed by atoms with Crippen molar-refractivity contribution < 1.29 is 18.7 Å². The number of carbonyl (C=O) groups excluding carboxylic acids is 1. The molecule has 168 valence electrons. The molecule has 1 amide bonds. The third-order valence-corrected chi connectivity index (χ3v) is 6.37. The van der Waals surface area contributed by atoms with Crippen LogP contribution in [0.15, 0.2) is 59.5 Å². The summed E-state index contributed by atoms with van der Waals surface area (Å²) >= 11 is 0. The Morgan fingerprint density at radius 3 is 2.94 bits per heavy atom. The first kappa shape index (κ1) is 20.8. The number of carbonyl (C=O) groups is 1. The first-order valence-electron chi connectivity index (χ1n) is 11.0. The minimum Gasteiger partial charge on any atom is -0.497 e. The van der Waals surface area contributed by atoms with Gasteiger partial charge in [0.2, 0.25) is 0 Å². The molecule has 4 heterocycles. The summed E-state index contributed by atoms with van der Waals surface area (Å²) in [4.78, 5) is 20.0. The molecule has 1 N–H and O–H groups in total. The van der Waals surface area contributed by atoms with Crippen molar-refractivity contribution in [2.45, 2.75) is 44.2 Å². The fraction of sp³-hybridized carbons (Fsp3) is 0.417. The molecule has 0 bridgehead atoms. The number of nitrogens with one attached hydrogen (secondary N) is 1. The number of fused-ring (bicyclic) bond motifs is 2. The lowest BCUT2D eigenvalue weighted by Gasteiger charge is -2.45. The van der Waals surface area contributed by atoms with Crippen LogP contribution in [-0.4, -0.2) is 46.7 Å². The van der Waals surface area contributed by atoms with Crippen LogP contribution in [-0.2, 0) is 34.8 Å². The highest BCUT2D eigenvalue weighted by Crippen LogP contribution is 2.40. The van der Waals surface area contributed by atoms with E-state index in [9.17, 15) is 4.79 Å². The number of likely N-dealkylation sites (tertiary alicyclic amines) is 1. The Morgan fingerprint density at radius 2 is 2.16 bits per heavy atom. The van der Waals surface area contributed by atoms with Crippen molar-refractivity contribution in [3.05, 3.63) is 72.2 Å². The van der Waals surface area contributed by atoms with Gasteiger partial charge in [0.1, 0.15) is 22.9 Å². The summed E-state index contributed by atoms with van der Waals surface area (Å²) in [6.07, 6.45) is 6.45. The lowest BCUT2D eigenvalue weighted by molar-refractivity contribution is -0.174. The Labute approximate surface area is 187 Å². The number of rotatable bonds is 6. The van der Waals surface area contributed by atoms with Crippen molar-refractivity contribution in [2.24, 2.45) is 0 Å². The molecule has 0 aliphatic carbocycles. The quantitative estimate of drug-likeness (QED) is 0.640. The summed E-state index contributed by atoms with van der Waals surface area (Å²) in [7, 11) is 1.63. The third-order valence-electron chi connectivity index (χ3n) is 6.37. The van der Waals surface area contributed by atoms with Crippen LogP contribution >= 0.6 is 0 Å². The lowest BCUT2D eigenvalue weighted by atomic mass is 9.88. The summed E-state index contributed by atoms with van der Waals surface area (Å²) in [5.74, 6) is 2.55. The molecule has 1 saturated heterocycles. The highest BCUT2D eigenvalue weighted by molar-refractivity contribution is 5.81. The van der Waals surface area contributed by atoms with Gasteiger partial charge in [-0.2, -0.15) is 0 Å². The second-order valence-corrected chi connectivity index (χ2v) is 8.43. The van der Waals surface area contributed by atoms with Gasteiger partial charge in [-0.25, -0.2) is 4.98 Å². The highest BCUT2D eigenvalue weighted by atomic mass is 16.5. The Kier molecular flexibility index (Phi) is 5.71. The van der Waals surface area contributed by atoms with Crippen molar-refractivity contribution >= 4 is 5.91 Å². The van der Waals surface area contributed by atoms with E-state index in [1.165, 1.54) is 0 Å². The summed E-state index contributed by atoms with van der Waals surface area (Å²) in [5.41, 5.74) is 0.442. The van der Waals surface area contributed by atoms with Crippen LogP contribution in [0.5, 0.6) is 5.75 Å². The zero-order valence-corrected chi connectivity index (χ0v) is 18.2. The minimum atomic E-state index is -0.557. The molecule has 0 radical (unpaired) electrons. The van der Waals surface area contributed by atoms with Crippen molar-refractivity contribution in [3.63, 3.8) is 0 Å². The number of ether oxygens (including phenoxy) is 2. The van der Waals surface area contributed by atoms with Gasteiger partial charge < -0.3 is 23.8 Å². The number of aromatic nitrogens is 2. The van der Waals surface area contributed by atoms with Gasteiger partial charge in [0, 0.05) is 32.0 Å². The standard InChI is InChI=1S/C24H28N4O4/c1-30-19-5-2-4-18(14-19)15-26-22(29)21-17-28-12-9-25-23(28)24(32-21)7-10-27(11-8-24)16-20-6-3-13-31-20/h2-6,9,12-14,21H,7-8,10-11,15-17H2,1H3,(H,26,29)/t21-/m1/s1. The van der Waals surface area contributed by atoms with E-state index in [2.05, 4.69) is 19.8 Å². The van der Waals surface area contributed by atoms with E-state index in [0.717, 1.165) is 55.4 Å². The van der Waals surface area contributed by atoms with Crippen molar-refractivity contribution in [2.75, 3.05) is 20.2 Å². The molecule has 32 heavy (non-hydrogen) atoms. The van der Waals surface area contributed by atoms with Crippen molar-refractivity contribution in [1.82, 2.24) is 19.8 Å². The molecule has 3 aromatic rings. The second kappa shape index (κ2) is 8.80. The number of hydrogen-bond donors (Lipinski definition) is 1. The monoisotopic (exact) mass is 436 g/mol. The predicted molar refractivity (Wildman–Crippen MR) is 117 cm³/mol. The van der Waals surface area contributed by atoms with E-state index in [1.54, 1.807) is 19.6 Å². The molecule has 0 saturated carbocycles. The summed E-state index contributed by atoms with van der Waals surface area (Å²) in [5, 5.41) is 3.03. The zero-order valence-electron chi connectivity index (χ0n) is 18.2. The fourth-order valence-electron chi connectivity index (χ4n) is 4.66. The fourth-order valence-corrected chi connectivity index (χ4v) is 4.66. The average molecular weight is 437 g/mol. The number of imidazole rings is 1. The highest BCUT2D eigenvalue weighted by Gasteiger charge is 2.47. The zero-order chi connectivity index (χ0) is 22.0. The van der Waals surface area contributed by atoms with Crippen LogP contribution in [0.25, 0.3) is 0 Å². The van der Waals surface area contributed by atoms with Crippen LogP contribution in [0.2, 0.25) is 0 Å². The maximum absolute atomic E-state index is 13.0. The van der Waals surface area contributed by atoms with E-state index in [0.29, 0.717) is 13.1 Å². The molecule has 5 rings (SSSR count). The Balaban J connectivity index is 1.25. The molecule has 1 spiro atoms. The van der Waals surface area contributed by atoms with Crippen LogP contribution in [0, 0.1) is 0 Å². The summed E-state index contributed by atoms with van der Waals surface area (Å²) in [6.45, 7) is 3.38. The van der Waals surface area contributed by atoms with Crippen LogP contribution in [0.3, 0.4) is 0 Å². The number of amides is 1. The van der Waals surface area contributed by atoms with Crippen molar-refractivity contribution in [1.29, 1.82) is 0 Å². The number of benzene rings is 1. The maximum atomic E-state index is 13.0. The number of piperidine rings is 1. The molecular weight excluding hydrogens is 408 g/mol. The topological polar surface area (TPSA) is 81.8 Å². The maximum Gasteiger partial charge on any atom is 0.251 e. The number of furan rings is 1. The Bertz CT molecular complexity index is 1050. The van der Waals surface area contributed by atoms with Gasteiger partial charge in [-0.1, -0.05) is 12.1 Å². The van der Waals surface area contributed by atoms with E-state index in [4.69, 9.17) is 13.9 Å². The molecule has 1 fully saturated rings. The SMILES string of the molecule is COc1cccc(CNC(=O)[C@H]2Cn3ccnc3C3(CCN(Cc4ccco4)CC3)O2)c1. The number of methoxy groups -OCH3 is 1. The molecular formula is C24H28N4O4. The van der Waals surface area contributed by atoms with Gasteiger partial charge in [-0.05, 0) is 42.7 Å². The minimum absolute atomic E-state index is 0.107. The van der Waals surface area contributed by atoms with E-state index >= 15 is 0 Å². The van der Waals surface area contributed by atoms with Gasteiger partial charge in [-0.15, -0.1) is 0 Å². The summed E-state index contributed by atoms with van der Waals surface area (Å²) < 4.78 is 19.3. The average Bonchev–Trinajstić information content (AvgIpc) is 3.52. The molecule has 1 aromatic carbocycles. The van der Waals surface area contributed by atoms with E-state index < -0.39 is 11.7 Å². The van der Waals surface area contributed by atoms with Gasteiger partial charge in [0.05, 0.1) is 26.5 Å². The Hall–Kier alpha value is -3.10.